The second-order valence-electron chi connectivity index (χ2n) is 6.82. The fraction of sp³-hybridized carbons (Fsp3) is 0.136. The zero-order valence-electron chi connectivity index (χ0n) is 15.9. The van der Waals surface area contributed by atoms with Crippen molar-refractivity contribution >= 4 is 23.7 Å². The van der Waals surface area contributed by atoms with E-state index in [1.807, 2.05) is 49.6 Å². The van der Waals surface area contributed by atoms with Crippen molar-refractivity contribution in [3.8, 4) is 5.82 Å². The first-order chi connectivity index (χ1) is 13.5. The van der Waals surface area contributed by atoms with Gasteiger partial charge in [-0.05, 0) is 68.3 Å². The summed E-state index contributed by atoms with van der Waals surface area (Å²) in [6, 6.07) is 14.4. The van der Waals surface area contributed by atoms with Crippen LogP contribution in [0.3, 0.4) is 0 Å². The maximum absolute atomic E-state index is 12.8. The van der Waals surface area contributed by atoms with Gasteiger partial charge in [0.25, 0.3) is 5.91 Å². The van der Waals surface area contributed by atoms with Gasteiger partial charge in [0.2, 0.25) is 0 Å². The Bertz CT molecular complexity index is 1110. The van der Waals surface area contributed by atoms with Crippen LogP contribution in [-0.4, -0.2) is 21.5 Å². The van der Waals surface area contributed by atoms with Gasteiger partial charge in [-0.15, -0.1) is 0 Å². The first-order valence-corrected chi connectivity index (χ1v) is 9.00. The molecule has 3 amide bonds. The number of pyridine rings is 1. The van der Waals surface area contributed by atoms with Crippen LogP contribution < -0.4 is 10.2 Å². The number of hydrogen-bond donors (Lipinski definition) is 1. The molecular weight excluding hydrogens is 352 g/mol. The van der Waals surface area contributed by atoms with Gasteiger partial charge in [-0.25, -0.2) is 14.7 Å². The molecule has 1 aromatic carbocycles. The quantitative estimate of drug-likeness (QED) is 0.560. The first-order valence-electron chi connectivity index (χ1n) is 9.00. The summed E-state index contributed by atoms with van der Waals surface area (Å²) in [6.07, 6.45) is 3.50. The number of para-hydroxylation sites is 1. The van der Waals surface area contributed by atoms with Crippen molar-refractivity contribution in [2.45, 2.75) is 20.8 Å². The maximum Gasteiger partial charge on any atom is 0.333 e. The molecular formula is C22H20N4O2. The van der Waals surface area contributed by atoms with Crippen LogP contribution in [0.4, 0.5) is 10.5 Å². The Balaban J connectivity index is 1.72. The van der Waals surface area contributed by atoms with Gasteiger partial charge >= 0.3 is 6.03 Å². The van der Waals surface area contributed by atoms with E-state index in [9.17, 15) is 9.59 Å². The average Bonchev–Trinajstić information content (AvgIpc) is 3.11. The molecule has 0 radical (unpaired) electrons. The second kappa shape index (κ2) is 6.81. The Morgan fingerprint density at radius 1 is 1.00 bits per heavy atom. The Morgan fingerprint density at radius 3 is 2.46 bits per heavy atom. The van der Waals surface area contributed by atoms with Gasteiger partial charge in [0.05, 0.1) is 5.69 Å². The zero-order chi connectivity index (χ0) is 19.8. The minimum atomic E-state index is -0.448. The molecule has 2 aromatic heterocycles. The van der Waals surface area contributed by atoms with E-state index in [1.165, 1.54) is 0 Å². The number of aryl methyl sites for hydroxylation is 2. The largest absolute Gasteiger partial charge is 0.333 e. The average molecular weight is 372 g/mol. The van der Waals surface area contributed by atoms with Crippen molar-refractivity contribution in [2.24, 2.45) is 0 Å². The number of urea groups is 1. The highest BCUT2D eigenvalue weighted by Gasteiger charge is 2.34. The summed E-state index contributed by atoms with van der Waals surface area (Å²) in [5.41, 5.74) is 4.73. The number of nitrogens with one attached hydrogen (secondary N) is 1. The van der Waals surface area contributed by atoms with E-state index in [4.69, 9.17) is 0 Å². The van der Waals surface area contributed by atoms with Crippen molar-refractivity contribution in [1.82, 2.24) is 14.9 Å². The molecule has 140 valence electrons. The predicted octanol–water partition coefficient (Wildman–Crippen LogP) is 3.89. The minimum absolute atomic E-state index is 0.256. The van der Waals surface area contributed by atoms with E-state index in [2.05, 4.69) is 10.3 Å². The van der Waals surface area contributed by atoms with E-state index in [0.29, 0.717) is 5.69 Å². The molecule has 0 atom stereocenters. The van der Waals surface area contributed by atoms with E-state index in [1.54, 1.807) is 36.5 Å². The van der Waals surface area contributed by atoms with Crippen molar-refractivity contribution < 1.29 is 9.59 Å². The monoisotopic (exact) mass is 372 g/mol. The maximum atomic E-state index is 12.8. The highest BCUT2D eigenvalue weighted by Crippen LogP contribution is 2.25. The fourth-order valence-corrected chi connectivity index (χ4v) is 3.43. The lowest BCUT2D eigenvalue weighted by molar-refractivity contribution is -0.113. The number of carbonyl (C=O) groups excluding carboxylic acids is 2. The molecule has 0 spiro atoms. The SMILES string of the molecule is Cc1ccnc(-n2c(C)cc(C=C3NC(=O)N(c4ccccc4)C3=O)c2C)c1. The lowest BCUT2D eigenvalue weighted by Crippen LogP contribution is -2.30. The topological polar surface area (TPSA) is 67.2 Å². The van der Waals surface area contributed by atoms with E-state index < -0.39 is 6.03 Å². The normalized spacial score (nSPS) is 15.4. The molecule has 1 fully saturated rings. The number of rotatable bonds is 3. The number of aromatic nitrogens is 2. The van der Waals surface area contributed by atoms with Crippen molar-refractivity contribution in [1.29, 1.82) is 0 Å². The molecule has 6 nitrogen and oxygen atoms in total. The van der Waals surface area contributed by atoms with E-state index in [0.717, 1.165) is 33.2 Å². The lowest BCUT2D eigenvalue weighted by atomic mass is 10.2. The second-order valence-corrected chi connectivity index (χ2v) is 6.82. The molecule has 1 aliphatic rings. The molecule has 3 heterocycles. The highest BCUT2D eigenvalue weighted by molar-refractivity contribution is 6.28. The molecule has 0 unspecified atom stereocenters. The highest BCUT2D eigenvalue weighted by atomic mass is 16.2. The van der Waals surface area contributed by atoms with E-state index in [-0.39, 0.29) is 11.6 Å². The molecule has 1 N–H and O–H groups in total. The van der Waals surface area contributed by atoms with Crippen molar-refractivity contribution in [2.75, 3.05) is 4.90 Å². The van der Waals surface area contributed by atoms with Crippen LogP contribution in [0.1, 0.15) is 22.5 Å². The van der Waals surface area contributed by atoms with Gasteiger partial charge in [0.1, 0.15) is 11.5 Å². The summed E-state index contributed by atoms with van der Waals surface area (Å²) in [6.45, 7) is 5.98. The fourth-order valence-electron chi connectivity index (χ4n) is 3.43. The molecule has 6 heteroatoms. The Hall–Kier alpha value is -3.67. The Morgan fingerprint density at radius 2 is 1.75 bits per heavy atom. The summed E-state index contributed by atoms with van der Waals surface area (Å²) in [5.74, 6) is 0.460. The van der Waals surface area contributed by atoms with Crippen molar-refractivity contribution in [3.63, 3.8) is 0 Å². The van der Waals surface area contributed by atoms with Gasteiger partial charge in [0.15, 0.2) is 0 Å². The molecule has 1 saturated heterocycles. The third-order valence-corrected chi connectivity index (χ3v) is 4.79. The van der Waals surface area contributed by atoms with Gasteiger partial charge in [-0.2, -0.15) is 0 Å². The number of imide groups is 1. The molecule has 4 rings (SSSR count). The van der Waals surface area contributed by atoms with Crippen LogP contribution in [0.15, 0.2) is 60.4 Å². The first kappa shape index (κ1) is 17.7. The molecule has 3 aromatic rings. The smallest absolute Gasteiger partial charge is 0.303 e. The van der Waals surface area contributed by atoms with Crippen LogP contribution in [0, 0.1) is 20.8 Å². The van der Waals surface area contributed by atoms with E-state index >= 15 is 0 Å². The van der Waals surface area contributed by atoms with Gasteiger partial charge in [-0.3, -0.25) is 4.79 Å². The number of hydrogen-bond acceptors (Lipinski definition) is 3. The molecule has 0 aliphatic carbocycles. The summed E-state index contributed by atoms with van der Waals surface area (Å²) in [5, 5.41) is 2.68. The summed E-state index contributed by atoms with van der Waals surface area (Å²) in [7, 11) is 0. The van der Waals surface area contributed by atoms with Crippen LogP contribution in [0.25, 0.3) is 11.9 Å². The zero-order valence-corrected chi connectivity index (χ0v) is 15.9. The number of carbonyl (C=O) groups is 2. The molecule has 0 saturated carbocycles. The number of amides is 3. The number of nitrogens with zero attached hydrogens (tertiary/aromatic N) is 3. The van der Waals surface area contributed by atoms with Gasteiger partial charge in [0, 0.05) is 17.6 Å². The summed E-state index contributed by atoms with van der Waals surface area (Å²) in [4.78, 5) is 30.7. The predicted molar refractivity (Wildman–Crippen MR) is 108 cm³/mol. The van der Waals surface area contributed by atoms with Crippen LogP contribution in [-0.2, 0) is 4.79 Å². The third-order valence-electron chi connectivity index (χ3n) is 4.79. The lowest BCUT2D eigenvalue weighted by Gasteiger charge is -2.10. The Labute approximate surface area is 163 Å². The summed E-state index contributed by atoms with van der Waals surface area (Å²) >= 11 is 0. The van der Waals surface area contributed by atoms with Crippen LogP contribution >= 0.6 is 0 Å². The van der Waals surface area contributed by atoms with Crippen LogP contribution in [0.5, 0.6) is 0 Å². The number of anilines is 1. The molecule has 1 aliphatic heterocycles. The van der Waals surface area contributed by atoms with Crippen LogP contribution in [0.2, 0.25) is 0 Å². The molecule has 28 heavy (non-hydrogen) atoms. The third kappa shape index (κ3) is 2.99. The number of benzene rings is 1. The standard InChI is InChI=1S/C22H20N4O2/c1-14-9-10-23-20(11-14)25-15(2)12-17(16(25)3)13-19-21(27)26(22(28)24-19)18-7-5-4-6-8-18/h4-13H,1-3H3,(H,24,28). The molecule has 0 bridgehead atoms. The van der Waals surface area contributed by atoms with Gasteiger partial charge in [-0.1, -0.05) is 18.2 Å². The minimum Gasteiger partial charge on any atom is -0.303 e. The van der Waals surface area contributed by atoms with Crippen molar-refractivity contribution in [3.05, 3.63) is 82.9 Å². The Kier molecular flexibility index (Phi) is 4.31. The summed E-state index contributed by atoms with van der Waals surface area (Å²) < 4.78 is 2.04. The van der Waals surface area contributed by atoms with Gasteiger partial charge < -0.3 is 9.88 Å².